The summed E-state index contributed by atoms with van der Waals surface area (Å²) in [5, 5.41) is 2.39. The molecule has 0 radical (unpaired) electrons. The van der Waals surface area contributed by atoms with Crippen molar-refractivity contribution in [3.05, 3.63) is 291 Å². The Kier molecular flexibility index (Phi) is 11.2. The average molecular weight is 897 g/mol. The molecule has 0 fully saturated rings. The summed E-state index contributed by atoms with van der Waals surface area (Å²) in [6.07, 6.45) is 0. The fourth-order valence-electron chi connectivity index (χ4n) is 9.96. The maximum atomic E-state index is 2.40. The molecule has 12 rings (SSSR count). The van der Waals surface area contributed by atoms with Crippen molar-refractivity contribution in [3.8, 4) is 27.9 Å². The van der Waals surface area contributed by atoms with Crippen molar-refractivity contribution < 1.29 is 0 Å². The van der Waals surface area contributed by atoms with Crippen LogP contribution in [0.25, 0.3) is 49.7 Å². The van der Waals surface area contributed by atoms with Crippen LogP contribution >= 0.6 is 0 Å². The molecule has 0 aliphatic carbocycles. The quantitative estimate of drug-likeness (QED) is 0.121. The van der Waals surface area contributed by atoms with Crippen molar-refractivity contribution in [2.24, 2.45) is 0 Å². The van der Waals surface area contributed by atoms with Crippen LogP contribution in [0.4, 0.5) is 51.2 Å². The topological polar surface area (TPSA) is 14.7 Å². The van der Waals surface area contributed by atoms with Gasteiger partial charge in [0.2, 0.25) is 0 Å². The molecule has 332 valence electrons. The van der Waals surface area contributed by atoms with Crippen LogP contribution in [0.3, 0.4) is 0 Å². The number of hydrogen-bond acceptors (Lipinski definition) is 3. The lowest BCUT2D eigenvalue weighted by atomic mass is 9.94. The molecule has 0 saturated carbocycles. The molecule has 0 bridgehead atoms. The summed E-state index contributed by atoms with van der Waals surface area (Å²) >= 11 is 0. The number of benzene rings is 11. The first kappa shape index (κ1) is 42.0. The summed E-state index contributed by atoms with van der Waals surface area (Å²) in [6.45, 7) is 0. The summed E-state index contributed by atoms with van der Waals surface area (Å²) in [5.41, 5.74) is 17.8. The third-order valence-corrected chi connectivity index (χ3v) is 13.1. The van der Waals surface area contributed by atoms with E-state index in [4.69, 9.17) is 0 Å². The number of hydrogen-bond donors (Lipinski definition) is 0. The fourth-order valence-corrected chi connectivity index (χ4v) is 9.96. The first-order valence-electron chi connectivity index (χ1n) is 23.8. The minimum Gasteiger partial charge on any atom is -0.310 e. The number of rotatable bonds is 12. The minimum absolute atomic E-state index is 1.03. The molecule has 0 aliphatic heterocycles. The summed E-state index contributed by atoms with van der Waals surface area (Å²) in [7, 11) is 0. The Morgan fingerprint density at radius 3 is 1.07 bits per heavy atom. The van der Waals surface area contributed by atoms with E-state index in [-0.39, 0.29) is 0 Å². The highest BCUT2D eigenvalue weighted by Crippen LogP contribution is 2.45. The van der Waals surface area contributed by atoms with E-state index in [0.29, 0.717) is 0 Å². The second-order valence-corrected chi connectivity index (χ2v) is 17.4. The minimum atomic E-state index is 1.03. The predicted octanol–water partition coefficient (Wildman–Crippen LogP) is 18.5. The van der Waals surface area contributed by atoms with Crippen molar-refractivity contribution in [1.82, 2.24) is 4.57 Å². The smallest absolute Gasteiger partial charge is 0.0542 e. The van der Waals surface area contributed by atoms with E-state index in [2.05, 4.69) is 310 Å². The van der Waals surface area contributed by atoms with Gasteiger partial charge in [0.1, 0.15) is 0 Å². The van der Waals surface area contributed by atoms with Crippen molar-refractivity contribution in [3.63, 3.8) is 0 Å². The maximum absolute atomic E-state index is 2.40. The van der Waals surface area contributed by atoms with E-state index in [1.165, 1.54) is 38.5 Å². The van der Waals surface area contributed by atoms with Gasteiger partial charge in [-0.3, -0.25) is 0 Å². The Bertz CT molecular complexity index is 3660. The molecule has 11 aromatic carbocycles. The van der Waals surface area contributed by atoms with Crippen LogP contribution < -0.4 is 14.7 Å². The highest BCUT2D eigenvalue weighted by molar-refractivity contribution is 6.11. The molecular weight excluding hydrogens is 849 g/mol. The third kappa shape index (κ3) is 8.04. The lowest BCUT2D eigenvalue weighted by molar-refractivity contribution is 1.18. The number of aromatic nitrogens is 1. The van der Waals surface area contributed by atoms with Gasteiger partial charge in [0.05, 0.1) is 11.0 Å². The first-order valence-corrected chi connectivity index (χ1v) is 23.8. The summed E-state index contributed by atoms with van der Waals surface area (Å²) in [6, 6.07) is 104. The second-order valence-electron chi connectivity index (χ2n) is 17.4. The number of anilines is 9. The molecule has 0 saturated heterocycles. The Morgan fingerprint density at radius 2 is 0.557 bits per heavy atom. The highest BCUT2D eigenvalue weighted by atomic mass is 15.2. The van der Waals surface area contributed by atoms with Gasteiger partial charge < -0.3 is 19.3 Å². The van der Waals surface area contributed by atoms with Crippen LogP contribution in [0, 0.1) is 0 Å². The molecular formula is C66H48N4. The molecule has 0 N–H and O–H groups in total. The van der Waals surface area contributed by atoms with Gasteiger partial charge in [0, 0.05) is 67.6 Å². The van der Waals surface area contributed by atoms with Gasteiger partial charge in [-0.2, -0.15) is 0 Å². The van der Waals surface area contributed by atoms with Gasteiger partial charge in [-0.1, -0.05) is 170 Å². The van der Waals surface area contributed by atoms with Crippen molar-refractivity contribution in [1.29, 1.82) is 0 Å². The average Bonchev–Trinajstić information content (AvgIpc) is 3.77. The van der Waals surface area contributed by atoms with Crippen LogP contribution in [-0.2, 0) is 0 Å². The summed E-state index contributed by atoms with van der Waals surface area (Å²) in [5.74, 6) is 0. The monoisotopic (exact) mass is 896 g/mol. The van der Waals surface area contributed by atoms with Crippen LogP contribution in [0.15, 0.2) is 291 Å². The molecule has 70 heavy (non-hydrogen) atoms. The molecule has 1 heterocycles. The van der Waals surface area contributed by atoms with Gasteiger partial charge in [-0.25, -0.2) is 0 Å². The lowest BCUT2D eigenvalue weighted by Gasteiger charge is -2.31. The largest absolute Gasteiger partial charge is 0.310 e. The second kappa shape index (κ2) is 18.7. The Morgan fingerprint density at radius 1 is 0.214 bits per heavy atom. The molecule has 12 aromatic rings. The lowest BCUT2D eigenvalue weighted by Crippen LogP contribution is -2.14. The van der Waals surface area contributed by atoms with E-state index in [1.807, 2.05) is 0 Å². The summed E-state index contributed by atoms with van der Waals surface area (Å²) < 4.78 is 2.38. The number of nitrogens with zero attached hydrogens (tertiary/aromatic N) is 4. The van der Waals surface area contributed by atoms with Gasteiger partial charge in [0.25, 0.3) is 0 Å². The van der Waals surface area contributed by atoms with E-state index in [9.17, 15) is 0 Å². The zero-order chi connectivity index (χ0) is 46.6. The molecule has 1 aromatic heterocycles. The number of para-hydroxylation sites is 5. The van der Waals surface area contributed by atoms with Gasteiger partial charge in [0.15, 0.2) is 0 Å². The molecule has 0 amide bonds. The first-order chi connectivity index (χ1) is 34.7. The third-order valence-electron chi connectivity index (χ3n) is 13.1. The highest BCUT2D eigenvalue weighted by Gasteiger charge is 2.22. The van der Waals surface area contributed by atoms with Crippen LogP contribution in [-0.4, -0.2) is 4.57 Å². The molecule has 0 atom stereocenters. The molecule has 4 nitrogen and oxygen atoms in total. The normalized spacial score (nSPS) is 11.1. The Balaban J connectivity index is 1.02. The zero-order valence-corrected chi connectivity index (χ0v) is 38.5. The maximum Gasteiger partial charge on any atom is 0.0542 e. The molecule has 0 spiro atoms. The van der Waals surface area contributed by atoms with Crippen molar-refractivity contribution in [2.45, 2.75) is 0 Å². The molecule has 4 heteroatoms. The van der Waals surface area contributed by atoms with Crippen LogP contribution in [0.1, 0.15) is 0 Å². The predicted molar refractivity (Wildman–Crippen MR) is 296 cm³/mol. The van der Waals surface area contributed by atoms with E-state index in [0.717, 1.165) is 62.4 Å². The van der Waals surface area contributed by atoms with Gasteiger partial charge >= 0.3 is 0 Å². The zero-order valence-electron chi connectivity index (χ0n) is 38.5. The molecule has 0 unspecified atom stereocenters. The summed E-state index contributed by atoms with van der Waals surface area (Å²) in [4.78, 5) is 7.09. The van der Waals surface area contributed by atoms with Crippen LogP contribution in [0.2, 0.25) is 0 Å². The van der Waals surface area contributed by atoms with E-state index >= 15 is 0 Å². The Labute approximate surface area is 409 Å². The van der Waals surface area contributed by atoms with Gasteiger partial charge in [-0.15, -0.1) is 0 Å². The number of fused-ring (bicyclic) bond motifs is 3. The van der Waals surface area contributed by atoms with E-state index < -0.39 is 0 Å². The van der Waals surface area contributed by atoms with E-state index in [1.54, 1.807) is 0 Å². The fraction of sp³-hybridized carbons (Fsp3) is 0. The Hall–Kier alpha value is -9.38. The van der Waals surface area contributed by atoms with Crippen LogP contribution in [0.5, 0.6) is 0 Å². The standard InChI is InChI=1S/C66H48N4/c1-6-22-49(23-7-1)61-36-16-17-37-62(61)50-40-42-55(43-41-50)68(53-28-12-4-13-29-53)57-33-21-35-59(47-57)69(58-34-20-32-56(46-58)67(51-24-8-2-9-25-51)52-26-10-3-11-27-52)60-44-45-66-64(48-60)63-38-18-19-39-65(63)70(66)54-30-14-5-15-31-54/h1-48H. The van der Waals surface area contributed by atoms with Gasteiger partial charge in [-0.05, 0) is 144 Å². The molecule has 0 aliphatic rings. The van der Waals surface area contributed by atoms with Crippen molar-refractivity contribution in [2.75, 3.05) is 14.7 Å². The SMILES string of the molecule is c1ccc(-c2ccccc2-c2ccc(N(c3ccccc3)c3cccc(N(c4cccc(N(c5ccccc5)c5ccccc5)c4)c4ccc5c(c4)c4ccccc4n5-c4ccccc4)c3)cc2)cc1. The van der Waals surface area contributed by atoms with Crippen molar-refractivity contribution >= 4 is 73.0 Å².